The summed E-state index contributed by atoms with van der Waals surface area (Å²) in [5, 5.41) is 9.74. The number of nitrogens with zero attached hydrogens (tertiary/aromatic N) is 4. The summed E-state index contributed by atoms with van der Waals surface area (Å²) in [5.74, 6) is -0.445. The molecule has 2 fully saturated rings. The Morgan fingerprint density at radius 3 is 2.51 bits per heavy atom. The van der Waals surface area contributed by atoms with Gasteiger partial charge in [0, 0.05) is 42.9 Å². The Bertz CT molecular complexity index is 1980. The lowest BCUT2D eigenvalue weighted by Gasteiger charge is -2.37. The third-order valence-corrected chi connectivity index (χ3v) is 10.2. The number of aliphatic carboxylic acids is 1. The van der Waals surface area contributed by atoms with E-state index < -0.39 is 36.0 Å². The maximum atomic E-state index is 16.0. The number of piperidine rings is 1. The van der Waals surface area contributed by atoms with Gasteiger partial charge in [-0.2, -0.15) is 8.78 Å². The van der Waals surface area contributed by atoms with Gasteiger partial charge in [0.05, 0.1) is 29.4 Å². The number of carboxylic acid groups (broad SMARTS) is 1. The van der Waals surface area contributed by atoms with E-state index in [4.69, 9.17) is 19.5 Å². The lowest BCUT2D eigenvalue weighted by atomic mass is 9.85. The monoisotopic (exact) mass is 702 g/mol. The first kappa shape index (κ1) is 34.6. The number of para-hydroxylation sites is 1. The SMILES string of the molecule is CC(C)(C)OC(=O)CC1=CC[C@H](c2ccccc2OC(F)F)n2c(nc3cc(F)c(C4=CCC=C(N5C[C@H]6CC[C@@H](C5)[C@@H]6C(=O)O)N=C4)cc32)C1. The van der Waals surface area contributed by atoms with E-state index in [2.05, 4.69) is 4.90 Å². The number of aromatic nitrogens is 2. The summed E-state index contributed by atoms with van der Waals surface area (Å²) in [6.07, 6.45) is 10.4. The van der Waals surface area contributed by atoms with Gasteiger partial charge in [0.25, 0.3) is 0 Å². The summed E-state index contributed by atoms with van der Waals surface area (Å²) in [6.45, 7) is 3.60. The molecule has 0 radical (unpaired) electrons. The van der Waals surface area contributed by atoms with Gasteiger partial charge in [-0.3, -0.25) is 9.59 Å². The smallest absolute Gasteiger partial charge is 0.387 e. The van der Waals surface area contributed by atoms with Crippen LogP contribution in [-0.2, 0) is 20.7 Å². The Morgan fingerprint density at radius 2 is 1.80 bits per heavy atom. The van der Waals surface area contributed by atoms with Crippen molar-refractivity contribution in [1.82, 2.24) is 14.5 Å². The highest BCUT2D eigenvalue weighted by molar-refractivity contribution is 6.11. The van der Waals surface area contributed by atoms with E-state index in [1.165, 1.54) is 12.1 Å². The van der Waals surface area contributed by atoms with Crippen LogP contribution in [0.15, 0.2) is 71.0 Å². The van der Waals surface area contributed by atoms with Gasteiger partial charge in [0.2, 0.25) is 0 Å². The first-order valence-electron chi connectivity index (χ1n) is 17.4. The number of aliphatic imine (C=N–C) groups is 1. The van der Waals surface area contributed by atoms with Gasteiger partial charge >= 0.3 is 18.6 Å². The molecule has 3 aliphatic heterocycles. The first-order chi connectivity index (χ1) is 24.3. The molecule has 51 heavy (non-hydrogen) atoms. The number of carbonyl (C=O) groups is 2. The van der Waals surface area contributed by atoms with Gasteiger partial charge < -0.3 is 24.0 Å². The Hall–Kier alpha value is -4.87. The average Bonchev–Trinajstić information content (AvgIpc) is 3.31. The minimum atomic E-state index is -3.03. The molecule has 2 aromatic carbocycles. The van der Waals surface area contributed by atoms with Crippen molar-refractivity contribution in [2.75, 3.05) is 13.1 Å². The van der Waals surface area contributed by atoms with Crippen LogP contribution in [-0.4, -0.2) is 63.0 Å². The molecule has 4 aliphatic rings. The largest absolute Gasteiger partial charge is 0.481 e. The number of benzene rings is 2. The molecule has 1 aliphatic carbocycles. The molecule has 0 amide bonds. The number of fused-ring (bicyclic) bond motifs is 5. The summed E-state index contributed by atoms with van der Waals surface area (Å²) < 4.78 is 55.6. The average molecular weight is 703 g/mol. The number of imidazole rings is 1. The van der Waals surface area contributed by atoms with Gasteiger partial charge in [0.15, 0.2) is 0 Å². The van der Waals surface area contributed by atoms with Gasteiger partial charge in [-0.1, -0.05) is 35.9 Å². The molecule has 0 unspecified atom stereocenters. The van der Waals surface area contributed by atoms with Crippen molar-refractivity contribution in [3.8, 4) is 5.75 Å². The highest BCUT2D eigenvalue weighted by Gasteiger charge is 2.46. The first-order valence-corrected chi connectivity index (χ1v) is 17.4. The van der Waals surface area contributed by atoms with Crippen molar-refractivity contribution < 1.29 is 37.3 Å². The molecule has 4 heterocycles. The maximum absolute atomic E-state index is 16.0. The number of hydrogen-bond donors (Lipinski definition) is 1. The summed E-state index contributed by atoms with van der Waals surface area (Å²) in [7, 11) is 0. The van der Waals surface area contributed by atoms with E-state index >= 15 is 4.39 Å². The topological polar surface area (TPSA) is 106 Å². The Labute approximate surface area is 294 Å². The third kappa shape index (κ3) is 7.18. The predicted octanol–water partition coefficient (Wildman–Crippen LogP) is 7.71. The van der Waals surface area contributed by atoms with E-state index in [0.29, 0.717) is 59.5 Å². The van der Waals surface area contributed by atoms with Crippen molar-refractivity contribution in [3.05, 3.63) is 88.8 Å². The molecule has 1 N–H and O–H groups in total. The highest BCUT2D eigenvalue weighted by atomic mass is 19.3. The van der Waals surface area contributed by atoms with Crippen LogP contribution in [0.1, 0.15) is 75.9 Å². The fourth-order valence-corrected chi connectivity index (χ4v) is 8.18. The molecule has 1 saturated heterocycles. The summed E-state index contributed by atoms with van der Waals surface area (Å²) >= 11 is 0. The third-order valence-electron chi connectivity index (χ3n) is 10.2. The van der Waals surface area contributed by atoms with Crippen molar-refractivity contribution in [2.45, 2.75) is 77.6 Å². The number of carboxylic acids is 1. The number of esters is 1. The molecule has 9 nitrogen and oxygen atoms in total. The molecule has 1 aromatic heterocycles. The van der Waals surface area contributed by atoms with Crippen LogP contribution in [0.2, 0.25) is 0 Å². The number of carbonyl (C=O) groups excluding carboxylic acids is 1. The molecule has 7 rings (SSSR count). The van der Waals surface area contributed by atoms with Crippen LogP contribution in [0.25, 0.3) is 16.6 Å². The minimum absolute atomic E-state index is 0.0228. The fourth-order valence-electron chi connectivity index (χ4n) is 8.18. The van der Waals surface area contributed by atoms with Gasteiger partial charge in [-0.25, -0.2) is 14.4 Å². The van der Waals surface area contributed by atoms with Crippen LogP contribution in [0.5, 0.6) is 5.75 Å². The molecule has 12 heteroatoms. The summed E-state index contributed by atoms with van der Waals surface area (Å²) in [5.41, 5.74) is 2.48. The van der Waals surface area contributed by atoms with Crippen LogP contribution >= 0.6 is 0 Å². The van der Waals surface area contributed by atoms with Crippen molar-refractivity contribution in [3.63, 3.8) is 0 Å². The Balaban J connectivity index is 1.24. The van der Waals surface area contributed by atoms with Crippen molar-refractivity contribution >= 4 is 34.8 Å². The standard InChI is InChI=1S/C39H41F3N4O5/c1-39(2,3)51-35(47)16-22-11-14-30(26-8-4-5-9-32(26)50-38(41)42)46-31-17-27(28(40)18-29(31)44-34(46)15-22)23-7-6-10-33(43-19-23)45-20-24-12-13-25(21-45)36(24)37(48)49/h4-5,7-11,17-19,24-25,30,36,38H,6,12-16,20-21H2,1-3H3,(H,48,49)/t24-,25+,30-,36-/m1/s1. The fraction of sp³-hybridized carbons (Fsp3) is 0.436. The zero-order valence-corrected chi connectivity index (χ0v) is 28.8. The van der Waals surface area contributed by atoms with E-state index in [1.807, 2.05) is 22.8 Å². The molecule has 4 atom stereocenters. The number of halogens is 3. The van der Waals surface area contributed by atoms with Gasteiger partial charge in [-0.05, 0) is 82.1 Å². The van der Waals surface area contributed by atoms with E-state index in [9.17, 15) is 23.5 Å². The van der Waals surface area contributed by atoms with Gasteiger partial charge in [0.1, 0.15) is 28.8 Å². The molecule has 1 saturated carbocycles. The lowest BCUT2D eigenvalue weighted by Crippen LogP contribution is -2.43. The molecule has 3 aromatic rings. The number of hydrogen-bond acceptors (Lipinski definition) is 7. The Morgan fingerprint density at radius 1 is 1.06 bits per heavy atom. The second kappa shape index (κ2) is 13.7. The van der Waals surface area contributed by atoms with Crippen molar-refractivity contribution in [2.24, 2.45) is 22.7 Å². The number of rotatable bonds is 8. The second-order valence-electron chi connectivity index (χ2n) is 14.8. The quantitative estimate of drug-likeness (QED) is 0.189. The molecule has 0 spiro atoms. The summed E-state index contributed by atoms with van der Waals surface area (Å²) in [4.78, 5) is 36.4. The van der Waals surface area contributed by atoms with Crippen molar-refractivity contribution in [1.29, 1.82) is 0 Å². The molecule has 2 bridgehead atoms. The Kier molecular flexibility index (Phi) is 9.28. The van der Waals surface area contributed by atoms with E-state index in [1.54, 1.807) is 51.3 Å². The zero-order valence-electron chi connectivity index (χ0n) is 28.8. The molecular weight excluding hydrogens is 661 g/mol. The molecule has 268 valence electrons. The van der Waals surface area contributed by atoms with E-state index in [0.717, 1.165) is 24.2 Å². The van der Waals surface area contributed by atoms with Crippen LogP contribution in [0.4, 0.5) is 13.2 Å². The van der Waals surface area contributed by atoms with Crippen LogP contribution < -0.4 is 4.74 Å². The normalized spacial score (nSPS) is 23.3. The van der Waals surface area contributed by atoms with Crippen LogP contribution in [0, 0.1) is 23.6 Å². The number of ether oxygens (including phenoxy) is 2. The maximum Gasteiger partial charge on any atom is 0.387 e. The number of likely N-dealkylation sites (tertiary alicyclic amines) is 1. The van der Waals surface area contributed by atoms with E-state index in [-0.39, 0.29) is 36.3 Å². The highest BCUT2D eigenvalue weighted by Crippen LogP contribution is 2.44. The van der Waals surface area contributed by atoms with Gasteiger partial charge in [-0.15, -0.1) is 0 Å². The second-order valence-corrected chi connectivity index (χ2v) is 14.8. The lowest BCUT2D eigenvalue weighted by molar-refractivity contribution is -0.154. The minimum Gasteiger partial charge on any atom is -0.481 e. The van der Waals surface area contributed by atoms with Crippen LogP contribution in [0.3, 0.4) is 0 Å². The number of alkyl halides is 2. The zero-order chi connectivity index (χ0) is 36.0. The molecular formula is C39H41F3N4O5. The summed E-state index contributed by atoms with van der Waals surface area (Å²) in [6, 6.07) is 9.16. The predicted molar refractivity (Wildman–Crippen MR) is 186 cm³/mol. The number of allylic oxidation sites excluding steroid dienone is 4.